The van der Waals surface area contributed by atoms with Crippen molar-refractivity contribution in [1.82, 2.24) is 9.78 Å². The summed E-state index contributed by atoms with van der Waals surface area (Å²) < 4.78 is 32.6. The highest BCUT2D eigenvalue weighted by molar-refractivity contribution is 7.99. The summed E-state index contributed by atoms with van der Waals surface area (Å²) in [6.45, 7) is 1.52. The number of halogens is 1. The minimum atomic E-state index is -3.90. The Morgan fingerprint density at radius 1 is 1.29 bits per heavy atom. The van der Waals surface area contributed by atoms with E-state index in [2.05, 4.69) is 10.4 Å². The highest BCUT2D eigenvalue weighted by Crippen LogP contribution is 2.34. The van der Waals surface area contributed by atoms with Crippen molar-refractivity contribution in [3.63, 3.8) is 0 Å². The summed E-state index contributed by atoms with van der Waals surface area (Å²) in [5.74, 6) is -0.164. The van der Waals surface area contributed by atoms with E-state index < -0.39 is 15.7 Å². The molecular weight excluding hydrogens is 460 g/mol. The zero-order chi connectivity index (χ0) is 22.8. The van der Waals surface area contributed by atoms with Crippen molar-refractivity contribution in [2.75, 3.05) is 24.4 Å². The van der Waals surface area contributed by atoms with Gasteiger partial charge in [-0.05, 0) is 36.9 Å². The molecule has 0 unspecified atom stereocenters. The Bertz CT molecular complexity index is 1230. The number of carbonyl (C=O) groups excluding carboxylic acids is 1. The van der Waals surface area contributed by atoms with Crippen LogP contribution in [-0.4, -0.2) is 37.5 Å². The fourth-order valence-electron chi connectivity index (χ4n) is 2.92. The molecule has 8 nitrogen and oxygen atoms in total. The SMILES string of the molecule is COc1cc(Cl)c(C)cc1NC(=O)Cn1nc(SC)c(S(=O)(=O)c2ccccc2)c1N. The first-order valence-electron chi connectivity index (χ1n) is 9.03. The van der Waals surface area contributed by atoms with Gasteiger partial charge in [0.15, 0.2) is 0 Å². The van der Waals surface area contributed by atoms with Crippen LogP contribution in [-0.2, 0) is 21.2 Å². The number of rotatable bonds is 7. The van der Waals surface area contributed by atoms with Gasteiger partial charge in [-0.1, -0.05) is 29.8 Å². The molecule has 0 atom stereocenters. The second-order valence-electron chi connectivity index (χ2n) is 6.55. The van der Waals surface area contributed by atoms with E-state index in [1.165, 1.54) is 23.9 Å². The second-order valence-corrected chi connectivity index (χ2v) is 9.64. The fraction of sp³-hybridized carbons (Fsp3) is 0.200. The van der Waals surface area contributed by atoms with Crippen LogP contribution >= 0.6 is 23.4 Å². The predicted molar refractivity (Wildman–Crippen MR) is 122 cm³/mol. The van der Waals surface area contributed by atoms with E-state index in [1.54, 1.807) is 43.5 Å². The predicted octanol–water partition coefficient (Wildman–Crippen LogP) is 3.63. The van der Waals surface area contributed by atoms with Crippen LogP contribution in [0.1, 0.15) is 5.56 Å². The van der Waals surface area contributed by atoms with Gasteiger partial charge in [0.1, 0.15) is 28.0 Å². The van der Waals surface area contributed by atoms with Crippen LogP contribution in [0.2, 0.25) is 5.02 Å². The highest BCUT2D eigenvalue weighted by Gasteiger charge is 2.29. The van der Waals surface area contributed by atoms with E-state index in [4.69, 9.17) is 22.1 Å². The van der Waals surface area contributed by atoms with Gasteiger partial charge in [0.25, 0.3) is 0 Å². The molecule has 0 bridgehead atoms. The smallest absolute Gasteiger partial charge is 0.246 e. The van der Waals surface area contributed by atoms with Gasteiger partial charge in [-0.25, -0.2) is 13.1 Å². The van der Waals surface area contributed by atoms with Gasteiger partial charge in [0.2, 0.25) is 15.7 Å². The summed E-state index contributed by atoms with van der Waals surface area (Å²) in [6, 6.07) is 11.2. The fourth-order valence-corrected chi connectivity index (χ4v) is 5.52. The number of anilines is 2. The number of hydrogen-bond donors (Lipinski definition) is 2. The number of nitrogens with one attached hydrogen (secondary N) is 1. The summed E-state index contributed by atoms with van der Waals surface area (Å²) in [5.41, 5.74) is 7.32. The Labute approximate surface area is 189 Å². The largest absolute Gasteiger partial charge is 0.495 e. The van der Waals surface area contributed by atoms with Gasteiger partial charge in [0, 0.05) is 11.1 Å². The minimum absolute atomic E-state index is 0.0994. The summed E-state index contributed by atoms with van der Waals surface area (Å²) in [5, 5.41) is 7.69. The Kier molecular flexibility index (Phi) is 6.83. The van der Waals surface area contributed by atoms with Gasteiger partial charge in [-0.15, -0.1) is 11.8 Å². The molecule has 1 aromatic heterocycles. The number of amides is 1. The lowest BCUT2D eigenvalue weighted by atomic mass is 10.2. The number of thioether (sulfide) groups is 1. The lowest BCUT2D eigenvalue weighted by Gasteiger charge is -2.12. The third kappa shape index (κ3) is 4.65. The van der Waals surface area contributed by atoms with Crippen LogP contribution in [0.4, 0.5) is 11.5 Å². The maximum Gasteiger partial charge on any atom is 0.246 e. The number of hydrogen-bond acceptors (Lipinski definition) is 7. The molecular formula is C20H21ClN4O4S2. The number of aryl methyl sites for hydroxylation is 1. The molecule has 164 valence electrons. The first kappa shape index (κ1) is 23.0. The van der Waals surface area contributed by atoms with Gasteiger partial charge in [-0.3, -0.25) is 4.79 Å². The van der Waals surface area contributed by atoms with Gasteiger partial charge in [0.05, 0.1) is 17.7 Å². The number of sulfone groups is 1. The molecule has 0 aliphatic carbocycles. The molecule has 0 aliphatic heterocycles. The van der Waals surface area contributed by atoms with Gasteiger partial charge < -0.3 is 15.8 Å². The van der Waals surface area contributed by atoms with Crippen molar-refractivity contribution >= 4 is 50.6 Å². The first-order valence-corrected chi connectivity index (χ1v) is 12.1. The molecule has 31 heavy (non-hydrogen) atoms. The molecule has 0 saturated heterocycles. The van der Waals surface area contributed by atoms with E-state index in [0.717, 1.165) is 17.3 Å². The molecule has 3 aromatic rings. The molecule has 0 aliphatic rings. The van der Waals surface area contributed by atoms with E-state index in [0.29, 0.717) is 16.5 Å². The number of ether oxygens (including phenoxy) is 1. The molecule has 1 amide bonds. The number of methoxy groups -OCH3 is 1. The zero-order valence-electron chi connectivity index (χ0n) is 17.0. The first-order chi connectivity index (χ1) is 14.7. The van der Waals surface area contributed by atoms with Crippen LogP contribution in [0, 0.1) is 6.92 Å². The normalized spacial score (nSPS) is 11.4. The van der Waals surface area contributed by atoms with E-state index >= 15 is 0 Å². The Morgan fingerprint density at radius 2 is 1.97 bits per heavy atom. The van der Waals surface area contributed by atoms with Crippen molar-refractivity contribution in [3.8, 4) is 5.75 Å². The van der Waals surface area contributed by atoms with Crippen molar-refractivity contribution in [2.45, 2.75) is 28.3 Å². The summed E-state index contributed by atoms with van der Waals surface area (Å²) >= 11 is 7.23. The van der Waals surface area contributed by atoms with Crippen LogP contribution in [0.3, 0.4) is 0 Å². The molecule has 0 saturated carbocycles. The van der Waals surface area contributed by atoms with E-state index in [1.807, 2.05) is 0 Å². The lowest BCUT2D eigenvalue weighted by Crippen LogP contribution is -2.21. The average Bonchev–Trinajstić information content (AvgIpc) is 3.07. The number of nitrogens with zero attached hydrogens (tertiary/aromatic N) is 2. The number of nitrogen functional groups attached to an aromatic ring is 1. The highest BCUT2D eigenvalue weighted by atomic mass is 35.5. The van der Waals surface area contributed by atoms with Crippen molar-refractivity contribution < 1.29 is 17.9 Å². The van der Waals surface area contributed by atoms with Crippen LogP contribution < -0.4 is 15.8 Å². The number of carbonyl (C=O) groups is 1. The summed E-state index contributed by atoms with van der Waals surface area (Å²) in [4.78, 5) is 12.6. The quantitative estimate of drug-likeness (QED) is 0.496. The van der Waals surface area contributed by atoms with Crippen LogP contribution in [0.5, 0.6) is 5.75 Å². The van der Waals surface area contributed by atoms with Gasteiger partial charge >= 0.3 is 0 Å². The van der Waals surface area contributed by atoms with Crippen molar-refractivity contribution in [2.24, 2.45) is 0 Å². The zero-order valence-corrected chi connectivity index (χ0v) is 19.4. The molecule has 2 aromatic carbocycles. The number of nitrogens with two attached hydrogens (primary N) is 1. The maximum absolute atomic E-state index is 13.1. The number of benzene rings is 2. The van der Waals surface area contributed by atoms with Crippen LogP contribution in [0.15, 0.2) is 57.3 Å². The summed E-state index contributed by atoms with van der Waals surface area (Å²) in [7, 11) is -2.44. The minimum Gasteiger partial charge on any atom is -0.495 e. The monoisotopic (exact) mass is 480 g/mol. The van der Waals surface area contributed by atoms with Gasteiger partial charge in [-0.2, -0.15) is 5.10 Å². The molecule has 0 fully saturated rings. The molecule has 1 heterocycles. The third-order valence-corrected chi connectivity index (χ3v) is 7.52. The molecule has 0 spiro atoms. The Balaban J connectivity index is 1.92. The van der Waals surface area contributed by atoms with Crippen molar-refractivity contribution in [3.05, 3.63) is 53.1 Å². The van der Waals surface area contributed by atoms with E-state index in [-0.39, 0.29) is 27.2 Å². The average molecular weight is 481 g/mol. The third-order valence-electron chi connectivity index (χ3n) is 4.48. The maximum atomic E-state index is 13.1. The van der Waals surface area contributed by atoms with E-state index in [9.17, 15) is 13.2 Å². The Hall–Kier alpha value is -2.69. The molecule has 11 heteroatoms. The summed E-state index contributed by atoms with van der Waals surface area (Å²) in [6.07, 6.45) is 1.69. The Morgan fingerprint density at radius 3 is 2.58 bits per heavy atom. The molecule has 3 N–H and O–H groups in total. The van der Waals surface area contributed by atoms with Crippen molar-refractivity contribution in [1.29, 1.82) is 0 Å². The number of aromatic nitrogens is 2. The molecule has 0 radical (unpaired) electrons. The molecule has 3 rings (SSSR count). The van der Waals surface area contributed by atoms with Crippen LogP contribution in [0.25, 0.3) is 0 Å². The lowest BCUT2D eigenvalue weighted by molar-refractivity contribution is -0.116. The standard InChI is InChI=1S/C20H21ClN4O4S2/c1-12-9-15(16(29-2)10-14(12)21)23-17(26)11-25-19(22)18(20(24-25)30-3)31(27,28)13-7-5-4-6-8-13/h4-10H,11,22H2,1-3H3,(H,23,26). The second kappa shape index (κ2) is 9.21. The topological polar surface area (TPSA) is 116 Å².